The van der Waals surface area contributed by atoms with E-state index in [0.717, 1.165) is 5.56 Å². The molecule has 1 aliphatic rings. The van der Waals surface area contributed by atoms with Gasteiger partial charge in [0.05, 0.1) is 11.1 Å². The molecule has 23 heavy (non-hydrogen) atoms. The second-order valence-electron chi connectivity index (χ2n) is 4.89. The molecule has 0 radical (unpaired) electrons. The Labute approximate surface area is 132 Å². The molecule has 0 atom stereocenters. The van der Waals surface area contributed by atoms with Crippen molar-refractivity contribution in [2.75, 3.05) is 7.05 Å². The van der Waals surface area contributed by atoms with Gasteiger partial charge < -0.3 is 14.4 Å². The van der Waals surface area contributed by atoms with Crippen LogP contribution in [0, 0.1) is 0 Å². The van der Waals surface area contributed by atoms with E-state index in [4.69, 9.17) is 14.4 Å². The zero-order valence-electron chi connectivity index (χ0n) is 12.2. The highest BCUT2D eigenvalue weighted by Crippen LogP contribution is 2.20. The molecular weight excluding hydrogens is 297 g/mol. The number of nitrogens with zero attached hydrogens (tertiary/aromatic N) is 1. The first kappa shape index (κ1) is 14.8. The lowest BCUT2D eigenvalue weighted by Crippen LogP contribution is -2.36. The van der Waals surface area contributed by atoms with E-state index in [2.05, 4.69) is 4.99 Å². The lowest BCUT2D eigenvalue weighted by molar-refractivity contribution is 0.0692. The lowest BCUT2D eigenvalue weighted by atomic mass is 9.78. The molecule has 3 rings (SSSR count). The van der Waals surface area contributed by atoms with Gasteiger partial charge in [-0.3, -0.25) is 4.99 Å². The second-order valence-corrected chi connectivity index (χ2v) is 4.89. The zero-order valence-corrected chi connectivity index (χ0v) is 12.2. The maximum absolute atomic E-state index is 11.9. The molecule has 6 nitrogen and oxygen atoms in total. The monoisotopic (exact) mass is 309 g/mol. The molecule has 114 valence electrons. The van der Waals surface area contributed by atoms with Gasteiger partial charge in [-0.05, 0) is 30.3 Å². The minimum atomic E-state index is -1.08. The van der Waals surface area contributed by atoms with E-state index in [0.29, 0.717) is 16.8 Å². The second kappa shape index (κ2) is 5.96. The summed E-state index contributed by atoms with van der Waals surface area (Å²) in [6, 6.07) is 11.3. The van der Waals surface area contributed by atoms with E-state index in [1.165, 1.54) is 18.2 Å². The molecule has 2 aromatic rings. The molecular formula is C16H12BNO5. The molecule has 0 aromatic heterocycles. The number of aromatic carboxylic acids is 1. The fourth-order valence-electron chi connectivity index (χ4n) is 2.34. The Hall–Kier alpha value is -3.09. The standard InChI is InChI=1S/C16H12BNO5/c1-18-9-11-4-2-3-5-14(11)22-17-13-8-10(15(19)20)6-7-12(13)16(21)23-17/h2-9H,1H3,(H,19,20)/b18-9+. The summed E-state index contributed by atoms with van der Waals surface area (Å²) in [6.07, 6.45) is 1.63. The average molecular weight is 309 g/mol. The molecule has 0 saturated heterocycles. The number of aliphatic imine (C=N–C) groups is 1. The lowest BCUT2D eigenvalue weighted by Gasteiger charge is -2.12. The van der Waals surface area contributed by atoms with E-state index >= 15 is 0 Å². The van der Waals surface area contributed by atoms with Crippen LogP contribution in [0.2, 0.25) is 0 Å². The first-order valence-electron chi connectivity index (χ1n) is 6.86. The third-order valence-electron chi connectivity index (χ3n) is 3.41. The van der Waals surface area contributed by atoms with Crippen molar-refractivity contribution < 1.29 is 24.0 Å². The summed E-state index contributed by atoms with van der Waals surface area (Å²) in [4.78, 5) is 26.9. The number of carbonyl (C=O) groups excluding carboxylic acids is 1. The Morgan fingerprint density at radius 1 is 1.30 bits per heavy atom. The number of hydrogen-bond acceptors (Lipinski definition) is 5. The Kier molecular flexibility index (Phi) is 3.84. The van der Waals surface area contributed by atoms with Gasteiger partial charge in [-0.25, -0.2) is 9.59 Å². The van der Waals surface area contributed by atoms with Crippen molar-refractivity contribution >= 4 is 30.7 Å². The van der Waals surface area contributed by atoms with Gasteiger partial charge in [-0.1, -0.05) is 12.1 Å². The summed E-state index contributed by atoms with van der Waals surface area (Å²) < 4.78 is 11.0. The average Bonchev–Trinajstić information content (AvgIpc) is 2.85. The van der Waals surface area contributed by atoms with Gasteiger partial charge in [-0.2, -0.15) is 0 Å². The molecule has 0 amide bonds. The van der Waals surface area contributed by atoms with Crippen LogP contribution in [0.1, 0.15) is 26.3 Å². The largest absolute Gasteiger partial charge is 0.635 e. The maximum atomic E-state index is 11.9. The Morgan fingerprint density at radius 3 is 2.83 bits per heavy atom. The number of carboxylic acids is 1. The highest BCUT2D eigenvalue weighted by atomic mass is 16.6. The number of benzene rings is 2. The van der Waals surface area contributed by atoms with Gasteiger partial charge in [0.25, 0.3) is 0 Å². The fraction of sp³-hybridized carbons (Fsp3) is 0.0625. The van der Waals surface area contributed by atoms with E-state index in [-0.39, 0.29) is 5.56 Å². The smallest absolute Gasteiger partial charge is 0.521 e. The van der Waals surface area contributed by atoms with Crippen LogP contribution in [-0.2, 0) is 4.65 Å². The van der Waals surface area contributed by atoms with E-state index in [9.17, 15) is 9.59 Å². The van der Waals surface area contributed by atoms with Gasteiger partial charge in [0.15, 0.2) is 0 Å². The molecule has 0 spiro atoms. The van der Waals surface area contributed by atoms with Gasteiger partial charge in [-0.15, -0.1) is 0 Å². The molecule has 7 heteroatoms. The predicted molar refractivity (Wildman–Crippen MR) is 84.8 cm³/mol. The van der Waals surface area contributed by atoms with Crippen molar-refractivity contribution in [3.05, 3.63) is 59.2 Å². The fourth-order valence-corrected chi connectivity index (χ4v) is 2.34. The molecule has 0 unspecified atom stereocenters. The predicted octanol–water partition coefficient (Wildman–Crippen LogP) is 1.38. The molecule has 0 saturated carbocycles. The Bertz CT molecular complexity index is 818. The number of para-hydroxylation sites is 1. The molecule has 0 aliphatic carbocycles. The van der Waals surface area contributed by atoms with Crippen LogP contribution in [0.3, 0.4) is 0 Å². The first-order valence-corrected chi connectivity index (χ1v) is 6.86. The van der Waals surface area contributed by atoms with Gasteiger partial charge >= 0.3 is 19.1 Å². The quantitative estimate of drug-likeness (QED) is 0.681. The number of carbonyl (C=O) groups is 2. The van der Waals surface area contributed by atoms with Crippen molar-refractivity contribution in [3.63, 3.8) is 0 Å². The molecule has 0 fully saturated rings. The Balaban J connectivity index is 1.97. The highest BCUT2D eigenvalue weighted by Gasteiger charge is 2.40. The third kappa shape index (κ3) is 2.81. The summed E-state index contributed by atoms with van der Waals surface area (Å²) in [6.45, 7) is 0. The van der Waals surface area contributed by atoms with Gasteiger partial charge in [0.2, 0.25) is 0 Å². The summed E-state index contributed by atoms with van der Waals surface area (Å²) in [5, 5.41) is 9.09. The minimum Gasteiger partial charge on any atom is -0.521 e. The van der Waals surface area contributed by atoms with Crippen LogP contribution in [0.4, 0.5) is 0 Å². The maximum Gasteiger partial charge on any atom is 0.635 e. The molecule has 2 aromatic carbocycles. The van der Waals surface area contributed by atoms with E-state index in [1.807, 2.05) is 12.1 Å². The summed E-state index contributed by atoms with van der Waals surface area (Å²) in [5.74, 6) is -1.13. The normalized spacial score (nSPS) is 13.1. The third-order valence-corrected chi connectivity index (χ3v) is 3.41. The van der Waals surface area contributed by atoms with Crippen molar-refractivity contribution in [2.45, 2.75) is 0 Å². The summed E-state index contributed by atoms with van der Waals surface area (Å²) >= 11 is 0. The van der Waals surface area contributed by atoms with Gasteiger partial charge in [0.1, 0.15) is 5.75 Å². The van der Waals surface area contributed by atoms with Crippen LogP contribution in [-0.4, -0.2) is 37.4 Å². The molecule has 0 bridgehead atoms. The molecule has 1 heterocycles. The summed E-state index contributed by atoms with van der Waals surface area (Å²) in [5.41, 5.74) is 1.51. The number of hydrogen-bond donors (Lipinski definition) is 1. The first-order chi connectivity index (χ1) is 11.1. The van der Waals surface area contributed by atoms with Crippen molar-refractivity contribution in [1.82, 2.24) is 0 Å². The molecule has 1 N–H and O–H groups in total. The van der Waals surface area contributed by atoms with Crippen molar-refractivity contribution in [1.29, 1.82) is 0 Å². The minimum absolute atomic E-state index is 0.0686. The van der Waals surface area contributed by atoms with Crippen LogP contribution < -0.4 is 10.1 Å². The van der Waals surface area contributed by atoms with Crippen LogP contribution in [0.5, 0.6) is 5.75 Å². The number of fused-ring (bicyclic) bond motifs is 1. The summed E-state index contributed by atoms with van der Waals surface area (Å²) in [7, 11) is 0.657. The van der Waals surface area contributed by atoms with Crippen LogP contribution in [0.25, 0.3) is 0 Å². The van der Waals surface area contributed by atoms with Crippen molar-refractivity contribution in [2.24, 2.45) is 4.99 Å². The van der Waals surface area contributed by atoms with E-state index < -0.39 is 19.1 Å². The van der Waals surface area contributed by atoms with Crippen molar-refractivity contribution in [3.8, 4) is 5.75 Å². The zero-order chi connectivity index (χ0) is 16.4. The molecule has 1 aliphatic heterocycles. The van der Waals surface area contributed by atoms with Crippen LogP contribution >= 0.6 is 0 Å². The SMILES string of the molecule is C/N=C/c1ccccc1OB1OC(=O)c2ccc(C(=O)O)cc21. The number of rotatable bonds is 4. The highest BCUT2D eigenvalue weighted by molar-refractivity contribution is 6.68. The Morgan fingerprint density at radius 2 is 2.09 bits per heavy atom. The van der Waals surface area contributed by atoms with Crippen LogP contribution in [0.15, 0.2) is 47.5 Å². The van der Waals surface area contributed by atoms with E-state index in [1.54, 1.807) is 25.4 Å². The van der Waals surface area contributed by atoms with Gasteiger partial charge in [0, 0.05) is 24.3 Å². The topological polar surface area (TPSA) is 85.2 Å². The number of carboxylic acid groups (broad SMARTS) is 1.